The number of rotatable bonds is 2. The van der Waals surface area contributed by atoms with E-state index in [4.69, 9.17) is 5.73 Å². The van der Waals surface area contributed by atoms with Crippen LogP contribution in [0.2, 0.25) is 0 Å². The van der Waals surface area contributed by atoms with Gasteiger partial charge in [-0.25, -0.2) is 9.78 Å². The molecule has 0 radical (unpaired) electrons. The van der Waals surface area contributed by atoms with E-state index < -0.39 is 5.97 Å². The minimum Gasteiger partial charge on any atom is -0.465 e. The molecule has 2 N–H and O–H groups in total. The first-order valence-corrected chi connectivity index (χ1v) is 6.06. The fourth-order valence-electron chi connectivity index (χ4n) is 1.73. The first-order valence-electron chi connectivity index (χ1n) is 5.24. The molecule has 0 aliphatic heterocycles. The zero-order valence-corrected chi connectivity index (χ0v) is 11.1. The summed E-state index contributed by atoms with van der Waals surface area (Å²) in [7, 11) is 1.30. The number of hydrogen-bond acceptors (Lipinski definition) is 6. The largest absolute Gasteiger partial charge is 0.465 e. The van der Waals surface area contributed by atoms with Gasteiger partial charge in [-0.2, -0.15) is 0 Å². The molecule has 0 aliphatic carbocycles. The number of aryl methyl sites for hydroxylation is 1. The summed E-state index contributed by atoms with van der Waals surface area (Å²) in [5, 5.41) is 0.621. The van der Waals surface area contributed by atoms with Crippen molar-refractivity contribution < 1.29 is 14.3 Å². The maximum absolute atomic E-state index is 11.5. The van der Waals surface area contributed by atoms with Gasteiger partial charge in [-0.05, 0) is 19.9 Å². The van der Waals surface area contributed by atoms with Crippen LogP contribution in [-0.2, 0) is 4.74 Å². The Hall–Kier alpha value is -1.95. The van der Waals surface area contributed by atoms with Crippen LogP contribution < -0.4 is 5.73 Å². The average Bonchev–Trinajstić information content (AvgIpc) is 2.64. The molecule has 5 nitrogen and oxygen atoms in total. The first-order chi connectivity index (χ1) is 8.45. The highest BCUT2D eigenvalue weighted by molar-refractivity contribution is 7.21. The molecule has 0 saturated heterocycles. The van der Waals surface area contributed by atoms with Crippen LogP contribution in [0.15, 0.2) is 6.07 Å². The zero-order chi connectivity index (χ0) is 13.4. The standard InChI is InChI=1S/C12H12N2O3S/c1-5-7(6(2)15)4-8-9(13)10(12(16)17-3)18-11(8)14-5/h4H,13H2,1-3H3. The third-order valence-electron chi connectivity index (χ3n) is 2.66. The number of esters is 1. The summed E-state index contributed by atoms with van der Waals surface area (Å²) in [6.07, 6.45) is 0. The molecule has 6 heteroatoms. The van der Waals surface area contributed by atoms with Gasteiger partial charge < -0.3 is 10.5 Å². The number of fused-ring (bicyclic) bond motifs is 1. The summed E-state index contributed by atoms with van der Waals surface area (Å²) < 4.78 is 4.65. The number of Topliss-reactive ketones (excluding diaryl/α,β-unsaturated/α-hetero) is 1. The summed E-state index contributed by atoms with van der Waals surface area (Å²) >= 11 is 1.17. The Morgan fingerprint density at radius 2 is 2.11 bits per heavy atom. The smallest absolute Gasteiger partial charge is 0.350 e. The maximum Gasteiger partial charge on any atom is 0.350 e. The van der Waals surface area contributed by atoms with Gasteiger partial charge >= 0.3 is 5.97 Å². The van der Waals surface area contributed by atoms with Crippen molar-refractivity contribution >= 4 is 39.0 Å². The third-order valence-corrected chi connectivity index (χ3v) is 3.76. The Kier molecular flexibility index (Phi) is 3.04. The highest BCUT2D eigenvalue weighted by Gasteiger charge is 2.19. The van der Waals surface area contributed by atoms with Crippen LogP contribution in [0.3, 0.4) is 0 Å². The van der Waals surface area contributed by atoms with Gasteiger partial charge in [-0.15, -0.1) is 11.3 Å². The van der Waals surface area contributed by atoms with Crippen molar-refractivity contribution in [2.45, 2.75) is 13.8 Å². The summed E-state index contributed by atoms with van der Waals surface area (Å²) in [6.45, 7) is 3.23. The average molecular weight is 264 g/mol. The summed E-state index contributed by atoms with van der Waals surface area (Å²) in [4.78, 5) is 28.2. The van der Waals surface area contributed by atoms with Crippen LogP contribution in [0.4, 0.5) is 5.69 Å². The van der Waals surface area contributed by atoms with Crippen molar-refractivity contribution in [1.29, 1.82) is 0 Å². The second-order valence-corrected chi connectivity index (χ2v) is 4.87. The molecular weight excluding hydrogens is 252 g/mol. The highest BCUT2D eigenvalue weighted by atomic mass is 32.1. The number of pyridine rings is 1. The van der Waals surface area contributed by atoms with Gasteiger partial charge in [0, 0.05) is 16.6 Å². The summed E-state index contributed by atoms with van der Waals surface area (Å²) in [5.74, 6) is -0.565. The highest BCUT2D eigenvalue weighted by Crippen LogP contribution is 2.34. The molecule has 0 saturated carbocycles. The van der Waals surface area contributed by atoms with E-state index in [1.165, 1.54) is 25.4 Å². The number of methoxy groups -OCH3 is 1. The van der Waals surface area contributed by atoms with E-state index in [0.29, 0.717) is 32.0 Å². The Morgan fingerprint density at radius 3 is 2.67 bits per heavy atom. The van der Waals surface area contributed by atoms with Crippen LogP contribution in [0.1, 0.15) is 32.6 Å². The number of anilines is 1. The number of nitrogen functional groups attached to an aromatic ring is 1. The zero-order valence-electron chi connectivity index (χ0n) is 10.2. The molecule has 0 aliphatic rings. The van der Waals surface area contributed by atoms with Crippen molar-refractivity contribution in [2.75, 3.05) is 12.8 Å². The van der Waals surface area contributed by atoms with Gasteiger partial charge in [0.25, 0.3) is 0 Å². The van der Waals surface area contributed by atoms with Crippen LogP contribution in [-0.4, -0.2) is 23.8 Å². The van der Waals surface area contributed by atoms with Gasteiger partial charge in [-0.1, -0.05) is 0 Å². The number of nitrogens with two attached hydrogens (primary N) is 1. The lowest BCUT2D eigenvalue weighted by atomic mass is 10.1. The monoisotopic (exact) mass is 264 g/mol. The fraction of sp³-hybridized carbons (Fsp3) is 0.250. The number of hydrogen-bond donors (Lipinski definition) is 1. The van der Waals surface area contributed by atoms with Crippen LogP contribution >= 0.6 is 11.3 Å². The lowest BCUT2D eigenvalue weighted by Crippen LogP contribution is -2.02. The lowest BCUT2D eigenvalue weighted by Gasteiger charge is -2.01. The van der Waals surface area contributed by atoms with E-state index in [1.54, 1.807) is 13.0 Å². The minimum absolute atomic E-state index is 0.0767. The van der Waals surface area contributed by atoms with Gasteiger partial charge in [-0.3, -0.25) is 4.79 Å². The molecule has 2 aromatic heterocycles. The van der Waals surface area contributed by atoms with Crippen molar-refractivity contribution in [1.82, 2.24) is 4.98 Å². The van der Waals surface area contributed by atoms with Crippen LogP contribution in [0.5, 0.6) is 0 Å². The molecule has 0 bridgehead atoms. The molecule has 94 valence electrons. The number of ether oxygens (including phenoxy) is 1. The number of ketones is 1. The molecule has 2 heterocycles. The van der Waals surface area contributed by atoms with E-state index in [9.17, 15) is 9.59 Å². The normalized spacial score (nSPS) is 10.6. The van der Waals surface area contributed by atoms with E-state index >= 15 is 0 Å². The van der Waals surface area contributed by atoms with Gasteiger partial charge in [0.05, 0.1) is 12.8 Å². The molecule has 2 aromatic rings. The number of carbonyl (C=O) groups excluding carboxylic acids is 2. The number of thiophene rings is 1. The Morgan fingerprint density at radius 1 is 1.44 bits per heavy atom. The van der Waals surface area contributed by atoms with E-state index in [1.807, 2.05) is 0 Å². The Bertz CT molecular complexity index is 661. The first kappa shape index (κ1) is 12.5. The molecule has 0 unspecified atom stereocenters. The van der Waals surface area contributed by atoms with Gasteiger partial charge in [0.1, 0.15) is 9.71 Å². The molecule has 18 heavy (non-hydrogen) atoms. The van der Waals surface area contributed by atoms with E-state index in [2.05, 4.69) is 9.72 Å². The molecule has 0 aromatic carbocycles. The number of nitrogens with zero attached hydrogens (tertiary/aromatic N) is 1. The quantitative estimate of drug-likeness (QED) is 0.664. The Labute approximate surface area is 108 Å². The van der Waals surface area contributed by atoms with Crippen molar-refractivity contribution in [3.05, 3.63) is 22.2 Å². The summed E-state index contributed by atoms with van der Waals surface area (Å²) in [5.41, 5.74) is 7.36. The van der Waals surface area contributed by atoms with Crippen molar-refractivity contribution in [3.8, 4) is 0 Å². The minimum atomic E-state index is -0.488. The third kappa shape index (κ3) is 1.84. The molecule has 0 amide bonds. The van der Waals surface area contributed by atoms with Crippen LogP contribution in [0.25, 0.3) is 10.2 Å². The second kappa shape index (κ2) is 4.38. The maximum atomic E-state index is 11.5. The second-order valence-electron chi connectivity index (χ2n) is 3.87. The topological polar surface area (TPSA) is 82.3 Å². The lowest BCUT2D eigenvalue weighted by molar-refractivity contribution is 0.0607. The van der Waals surface area contributed by atoms with Crippen molar-refractivity contribution in [2.24, 2.45) is 0 Å². The SMILES string of the molecule is COC(=O)c1sc2nc(C)c(C(C)=O)cc2c1N. The van der Waals surface area contributed by atoms with Gasteiger partial charge in [0.15, 0.2) is 5.78 Å². The van der Waals surface area contributed by atoms with E-state index in [-0.39, 0.29) is 5.78 Å². The Balaban J connectivity index is 2.74. The number of aromatic nitrogens is 1. The summed E-state index contributed by atoms with van der Waals surface area (Å²) in [6, 6.07) is 1.68. The molecule has 0 spiro atoms. The van der Waals surface area contributed by atoms with E-state index in [0.717, 1.165) is 0 Å². The van der Waals surface area contributed by atoms with Gasteiger partial charge in [0.2, 0.25) is 0 Å². The fourth-order valence-corrected chi connectivity index (χ4v) is 2.77. The molecule has 0 atom stereocenters. The molecule has 0 fully saturated rings. The van der Waals surface area contributed by atoms with Crippen LogP contribution in [0, 0.1) is 6.92 Å². The molecule has 2 rings (SSSR count). The number of carbonyl (C=O) groups is 2. The molecular formula is C12H12N2O3S. The van der Waals surface area contributed by atoms with Crippen molar-refractivity contribution in [3.63, 3.8) is 0 Å². The predicted octanol–water partition coefficient (Wildman–Crippen LogP) is 2.18. The predicted molar refractivity (Wildman–Crippen MR) is 70.1 cm³/mol.